The number of Topliss-reactive ketones (excluding diaryl/α,β-unsaturated/α-hetero) is 1. The van der Waals surface area contributed by atoms with E-state index < -0.39 is 0 Å². The van der Waals surface area contributed by atoms with Crippen LogP contribution in [0.5, 0.6) is 0 Å². The molecule has 5 nitrogen and oxygen atoms in total. The molecular weight excluding hydrogens is 386 g/mol. The third-order valence-electron chi connectivity index (χ3n) is 6.63. The van der Waals surface area contributed by atoms with Crippen molar-refractivity contribution in [2.45, 2.75) is 52.5 Å². The van der Waals surface area contributed by atoms with Crippen LogP contribution in [0.25, 0.3) is 0 Å². The number of aryl methyl sites for hydroxylation is 1. The van der Waals surface area contributed by atoms with Crippen LogP contribution in [0, 0.1) is 13.8 Å². The second-order valence-corrected chi connectivity index (χ2v) is 8.67. The third-order valence-corrected chi connectivity index (χ3v) is 6.63. The zero-order valence-corrected chi connectivity index (χ0v) is 19.3. The van der Waals surface area contributed by atoms with Crippen LogP contribution in [0.4, 0.5) is 5.69 Å². The molecule has 1 amide bonds. The van der Waals surface area contributed by atoms with E-state index in [1.807, 2.05) is 31.7 Å². The highest BCUT2D eigenvalue weighted by molar-refractivity contribution is 6.05. The second kappa shape index (κ2) is 10.1. The standard InChI is InChI=1S/C26H35N3O2/c1-5-23(30)24-18(2)17-22(25(27)19(24)3)26(31)29-15-12-21(13-16-29)28(4)14-11-20-9-7-6-8-10-20/h6-10,17,21H,5,11-16,27H2,1-4H3. The summed E-state index contributed by atoms with van der Waals surface area (Å²) in [5, 5.41) is 0. The molecule has 3 rings (SSSR count). The van der Waals surface area contributed by atoms with Gasteiger partial charge in [-0.2, -0.15) is 0 Å². The Kier molecular flexibility index (Phi) is 7.50. The van der Waals surface area contributed by atoms with Crippen LogP contribution >= 0.6 is 0 Å². The Balaban J connectivity index is 1.62. The van der Waals surface area contributed by atoms with Gasteiger partial charge in [-0.3, -0.25) is 9.59 Å². The van der Waals surface area contributed by atoms with Crippen LogP contribution in [0.15, 0.2) is 36.4 Å². The number of likely N-dealkylation sites (N-methyl/N-ethyl adjacent to an activating group) is 1. The SMILES string of the molecule is CCC(=O)c1c(C)cc(C(=O)N2CCC(N(C)CCc3ccccc3)CC2)c(N)c1C. The first kappa shape index (κ1) is 23.0. The second-order valence-electron chi connectivity index (χ2n) is 8.67. The van der Waals surface area contributed by atoms with E-state index in [4.69, 9.17) is 5.73 Å². The smallest absolute Gasteiger partial charge is 0.255 e. The summed E-state index contributed by atoms with van der Waals surface area (Å²) < 4.78 is 0. The molecule has 2 aromatic carbocycles. The molecule has 0 spiro atoms. The van der Waals surface area contributed by atoms with Crippen molar-refractivity contribution in [2.24, 2.45) is 0 Å². The van der Waals surface area contributed by atoms with Gasteiger partial charge in [-0.25, -0.2) is 0 Å². The molecule has 1 aliphatic rings. The lowest BCUT2D eigenvalue weighted by Crippen LogP contribution is -2.46. The molecule has 0 saturated carbocycles. The number of hydrogen-bond acceptors (Lipinski definition) is 4. The predicted octanol–water partition coefficient (Wildman–Crippen LogP) is 4.26. The number of ketones is 1. The van der Waals surface area contributed by atoms with Crippen molar-refractivity contribution in [3.8, 4) is 0 Å². The minimum absolute atomic E-state index is 0.0235. The van der Waals surface area contributed by atoms with E-state index in [-0.39, 0.29) is 11.7 Å². The Morgan fingerprint density at radius 1 is 1.13 bits per heavy atom. The Bertz CT molecular complexity index is 931. The average molecular weight is 422 g/mol. The number of carbonyl (C=O) groups excluding carboxylic acids is 2. The van der Waals surface area contributed by atoms with E-state index >= 15 is 0 Å². The first-order valence-corrected chi connectivity index (χ1v) is 11.3. The zero-order chi connectivity index (χ0) is 22.5. The largest absolute Gasteiger partial charge is 0.398 e. The fourth-order valence-corrected chi connectivity index (χ4v) is 4.59. The zero-order valence-electron chi connectivity index (χ0n) is 19.3. The fourth-order valence-electron chi connectivity index (χ4n) is 4.59. The number of anilines is 1. The van der Waals surface area contributed by atoms with Crippen molar-refractivity contribution in [2.75, 3.05) is 32.4 Å². The average Bonchev–Trinajstić information content (AvgIpc) is 2.80. The Labute approximate surface area is 186 Å². The summed E-state index contributed by atoms with van der Waals surface area (Å²) in [6, 6.07) is 12.8. The summed E-state index contributed by atoms with van der Waals surface area (Å²) in [5.41, 5.74) is 10.9. The van der Waals surface area contributed by atoms with Gasteiger partial charge < -0.3 is 15.5 Å². The highest BCUT2D eigenvalue weighted by atomic mass is 16.2. The van der Waals surface area contributed by atoms with Crippen molar-refractivity contribution in [1.82, 2.24) is 9.80 Å². The van der Waals surface area contributed by atoms with Gasteiger partial charge in [0.05, 0.1) is 5.56 Å². The number of nitrogens with zero attached hydrogens (tertiary/aromatic N) is 2. The molecule has 0 aromatic heterocycles. The number of benzene rings is 2. The van der Waals surface area contributed by atoms with E-state index in [0.717, 1.165) is 50.0 Å². The molecule has 0 bridgehead atoms. The van der Waals surface area contributed by atoms with Crippen molar-refractivity contribution >= 4 is 17.4 Å². The molecular formula is C26H35N3O2. The van der Waals surface area contributed by atoms with Crippen LogP contribution in [0.1, 0.15) is 63.6 Å². The van der Waals surface area contributed by atoms with E-state index in [0.29, 0.717) is 29.3 Å². The molecule has 1 aliphatic heterocycles. The molecule has 0 aliphatic carbocycles. The number of hydrogen-bond donors (Lipinski definition) is 1. The van der Waals surface area contributed by atoms with E-state index in [9.17, 15) is 9.59 Å². The number of amides is 1. The number of likely N-dealkylation sites (tertiary alicyclic amines) is 1. The van der Waals surface area contributed by atoms with Gasteiger partial charge in [0, 0.05) is 43.3 Å². The molecule has 1 saturated heterocycles. The summed E-state index contributed by atoms with van der Waals surface area (Å²) in [4.78, 5) is 29.8. The van der Waals surface area contributed by atoms with E-state index in [2.05, 4.69) is 36.2 Å². The molecule has 2 aromatic rings. The van der Waals surface area contributed by atoms with Crippen LogP contribution in [-0.4, -0.2) is 54.2 Å². The van der Waals surface area contributed by atoms with Gasteiger partial charge in [0.2, 0.25) is 0 Å². The maximum Gasteiger partial charge on any atom is 0.255 e. The molecule has 0 radical (unpaired) electrons. The van der Waals surface area contributed by atoms with Gasteiger partial charge in [0.25, 0.3) is 5.91 Å². The topological polar surface area (TPSA) is 66.6 Å². The van der Waals surface area contributed by atoms with Crippen molar-refractivity contribution < 1.29 is 9.59 Å². The highest BCUT2D eigenvalue weighted by Crippen LogP contribution is 2.28. The summed E-state index contributed by atoms with van der Waals surface area (Å²) in [7, 11) is 2.18. The molecule has 1 heterocycles. The number of piperidine rings is 1. The normalized spacial score (nSPS) is 14.8. The van der Waals surface area contributed by atoms with Crippen molar-refractivity contribution in [1.29, 1.82) is 0 Å². The van der Waals surface area contributed by atoms with Gasteiger partial charge >= 0.3 is 0 Å². The fraction of sp³-hybridized carbons (Fsp3) is 0.462. The van der Waals surface area contributed by atoms with Crippen molar-refractivity contribution in [3.63, 3.8) is 0 Å². The van der Waals surface area contributed by atoms with Crippen LogP contribution in [-0.2, 0) is 6.42 Å². The monoisotopic (exact) mass is 421 g/mol. The van der Waals surface area contributed by atoms with Gasteiger partial charge in [-0.05, 0) is 62.9 Å². The molecule has 0 unspecified atom stereocenters. The lowest BCUT2D eigenvalue weighted by molar-refractivity contribution is 0.0647. The minimum Gasteiger partial charge on any atom is -0.398 e. The number of rotatable bonds is 7. The van der Waals surface area contributed by atoms with Crippen LogP contribution < -0.4 is 5.73 Å². The molecule has 1 fully saturated rings. The maximum absolute atomic E-state index is 13.2. The van der Waals surface area contributed by atoms with E-state index in [1.54, 1.807) is 6.07 Å². The predicted molar refractivity (Wildman–Crippen MR) is 127 cm³/mol. The van der Waals surface area contributed by atoms with Crippen LogP contribution in [0.3, 0.4) is 0 Å². The lowest BCUT2D eigenvalue weighted by Gasteiger charge is -2.37. The maximum atomic E-state index is 13.2. The van der Waals surface area contributed by atoms with Crippen LogP contribution in [0.2, 0.25) is 0 Å². The first-order valence-electron chi connectivity index (χ1n) is 11.3. The first-order chi connectivity index (χ1) is 14.8. The van der Waals surface area contributed by atoms with E-state index in [1.165, 1.54) is 5.56 Å². The molecule has 2 N–H and O–H groups in total. The number of carbonyl (C=O) groups is 2. The number of nitrogens with two attached hydrogens (primary N) is 1. The van der Waals surface area contributed by atoms with Gasteiger partial charge in [-0.1, -0.05) is 37.3 Å². The minimum atomic E-state index is -0.0235. The van der Waals surface area contributed by atoms with Gasteiger partial charge in [0.1, 0.15) is 0 Å². The quantitative estimate of drug-likeness (QED) is 0.536. The summed E-state index contributed by atoms with van der Waals surface area (Å²) in [5.74, 6) is 0.0460. The third kappa shape index (κ3) is 5.16. The molecule has 0 atom stereocenters. The molecule has 31 heavy (non-hydrogen) atoms. The number of nitrogen functional groups attached to an aromatic ring is 1. The summed E-state index contributed by atoms with van der Waals surface area (Å²) >= 11 is 0. The van der Waals surface area contributed by atoms with Gasteiger partial charge in [0.15, 0.2) is 5.78 Å². The lowest BCUT2D eigenvalue weighted by atomic mass is 9.92. The molecule has 166 valence electrons. The van der Waals surface area contributed by atoms with Crippen molar-refractivity contribution in [3.05, 3.63) is 64.2 Å². The summed E-state index contributed by atoms with van der Waals surface area (Å²) in [6.45, 7) is 8.05. The highest BCUT2D eigenvalue weighted by Gasteiger charge is 2.28. The van der Waals surface area contributed by atoms with Gasteiger partial charge in [-0.15, -0.1) is 0 Å². The Morgan fingerprint density at radius 3 is 2.39 bits per heavy atom. The molecule has 5 heteroatoms. The Hall–Kier alpha value is -2.66. The Morgan fingerprint density at radius 2 is 1.77 bits per heavy atom. The summed E-state index contributed by atoms with van der Waals surface area (Å²) in [6.07, 6.45) is 3.39.